The van der Waals surface area contributed by atoms with Crippen LogP contribution in [0.1, 0.15) is 17.3 Å². The van der Waals surface area contributed by atoms with Crippen molar-refractivity contribution >= 4 is 16.7 Å². The molecule has 4 heteroatoms. The van der Waals surface area contributed by atoms with Gasteiger partial charge in [0.15, 0.2) is 0 Å². The third kappa shape index (κ3) is 2.91. The molecule has 0 saturated heterocycles. The van der Waals surface area contributed by atoms with Crippen LogP contribution in [-0.2, 0) is 4.74 Å². The number of fused-ring (bicyclic) bond motifs is 1. The van der Waals surface area contributed by atoms with Crippen LogP contribution in [0.15, 0.2) is 36.4 Å². The fourth-order valence-corrected chi connectivity index (χ4v) is 2.24. The highest BCUT2D eigenvalue weighted by atomic mass is 16.5. The Balaban J connectivity index is 2.37. The summed E-state index contributed by atoms with van der Waals surface area (Å²) in [5.74, 6) is 0.662. The Morgan fingerprint density at radius 1 is 1.15 bits per heavy atom. The third-order valence-corrected chi connectivity index (χ3v) is 3.14. The second kappa shape index (κ2) is 6.39. The minimum Gasteiger partial charge on any atom is -0.496 e. The van der Waals surface area contributed by atoms with Gasteiger partial charge in [0, 0.05) is 24.1 Å². The first-order valence-electron chi connectivity index (χ1n) is 6.53. The predicted molar refractivity (Wildman–Crippen MR) is 79.3 cm³/mol. The lowest BCUT2D eigenvalue weighted by Gasteiger charge is -2.15. The Labute approximate surface area is 118 Å². The molecule has 0 radical (unpaired) electrons. The van der Waals surface area contributed by atoms with Crippen molar-refractivity contribution in [2.75, 3.05) is 20.8 Å². The van der Waals surface area contributed by atoms with Gasteiger partial charge in [0.25, 0.3) is 5.91 Å². The smallest absolute Gasteiger partial charge is 0.252 e. The van der Waals surface area contributed by atoms with Gasteiger partial charge >= 0.3 is 0 Å². The molecule has 1 N–H and O–H groups in total. The first kappa shape index (κ1) is 14.3. The summed E-state index contributed by atoms with van der Waals surface area (Å²) in [5, 5.41) is 4.74. The lowest BCUT2D eigenvalue weighted by molar-refractivity contribution is 0.0907. The van der Waals surface area contributed by atoms with E-state index in [1.807, 2.05) is 37.3 Å². The van der Waals surface area contributed by atoms with Crippen molar-refractivity contribution in [3.05, 3.63) is 42.0 Å². The van der Waals surface area contributed by atoms with E-state index in [1.165, 1.54) is 0 Å². The molecule has 2 aromatic carbocycles. The molecule has 2 aromatic rings. The van der Waals surface area contributed by atoms with E-state index in [1.54, 1.807) is 20.3 Å². The van der Waals surface area contributed by atoms with Crippen LogP contribution in [0.2, 0.25) is 0 Å². The molecule has 0 bridgehead atoms. The van der Waals surface area contributed by atoms with Gasteiger partial charge in [0.05, 0.1) is 13.7 Å². The van der Waals surface area contributed by atoms with Gasteiger partial charge in [-0.15, -0.1) is 0 Å². The van der Waals surface area contributed by atoms with E-state index in [2.05, 4.69) is 5.32 Å². The molecule has 1 unspecified atom stereocenters. The van der Waals surface area contributed by atoms with Crippen LogP contribution in [0, 0.1) is 0 Å². The molecular formula is C16H19NO3. The zero-order valence-corrected chi connectivity index (χ0v) is 12.0. The van der Waals surface area contributed by atoms with Gasteiger partial charge in [-0.25, -0.2) is 0 Å². The quantitative estimate of drug-likeness (QED) is 0.911. The average molecular weight is 273 g/mol. The van der Waals surface area contributed by atoms with E-state index in [0.717, 1.165) is 16.5 Å². The number of hydrogen-bond donors (Lipinski definition) is 1. The van der Waals surface area contributed by atoms with Crippen molar-refractivity contribution in [3.63, 3.8) is 0 Å². The van der Waals surface area contributed by atoms with Crippen LogP contribution in [0.25, 0.3) is 10.8 Å². The summed E-state index contributed by atoms with van der Waals surface area (Å²) in [6, 6.07) is 11.3. The maximum Gasteiger partial charge on any atom is 0.252 e. The Hall–Kier alpha value is -2.07. The van der Waals surface area contributed by atoms with Crippen molar-refractivity contribution in [1.82, 2.24) is 5.32 Å². The van der Waals surface area contributed by atoms with Crippen LogP contribution in [-0.4, -0.2) is 32.8 Å². The van der Waals surface area contributed by atoms with E-state index in [4.69, 9.17) is 9.47 Å². The molecule has 2 rings (SSSR count). The largest absolute Gasteiger partial charge is 0.496 e. The molecule has 0 fully saturated rings. The minimum atomic E-state index is -0.103. The summed E-state index contributed by atoms with van der Waals surface area (Å²) in [6.45, 7) is 2.40. The molecule has 4 nitrogen and oxygen atoms in total. The molecule has 0 saturated carbocycles. The van der Waals surface area contributed by atoms with Gasteiger partial charge in [-0.2, -0.15) is 0 Å². The molecule has 0 aliphatic rings. The number of rotatable bonds is 5. The van der Waals surface area contributed by atoms with Crippen LogP contribution >= 0.6 is 0 Å². The van der Waals surface area contributed by atoms with Crippen molar-refractivity contribution < 1.29 is 14.3 Å². The number of hydrogen-bond acceptors (Lipinski definition) is 3. The summed E-state index contributed by atoms with van der Waals surface area (Å²) < 4.78 is 10.4. The number of amides is 1. The highest BCUT2D eigenvalue weighted by Gasteiger charge is 2.14. The lowest BCUT2D eigenvalue weighted by Crippen LogP contribution is -2.35. The number of carbonyl (C=O) groups excluding carboxylic acids is 1. The number of nitrogens with one attached hydrogen (secondary N) is 1. The zero-order chi connectivity index (χ0) is 14.5. The molecule has 0 aliphatic heterocycles. The topological polar surface area (TPSA) is 47.6 Å². The molecule has 1 amide bonds. The fourth-order valence-electron chi connectivity index (χ4n) is 2.24. The molecule has 1 atom stereocenters. The molecule has 106 valence electrons. The van der Waals surface area contributed by atoms with Crippen molar-refractivity contribution in [1.29, 1.82) is 0 Å². The Morgan fingerprint density at radius 2 is 1.85 bits per heavy atom. The first-order valence-corrected chi connectivity index (χ1v) is 6.53. The summed E-state index contributed by atoms with van der Waals surface area (Å²) in [7, 11) is 3.24. The zero-order valence-electron chi connectivity index (χ0n) is 12.0. The highest BCUT2D eigenvalue weighted by molar-refractivity contribution is 6.08. The molecule has 0 spiro atoms. The summed E-state index contributed by atoms with van der Waals surface area (Å²) in [5.41, 5.74) is 0.643. The van der Waals surface area contributed by atoms with Gasteiger partial charge in [0.2, 0.25) is 0 Å². The van der Waals surface area contributed by atoms with Gasteiger partial charge < -0.3 is 14.8 Å². The van der Waals surface area contributed by atoms with E-state index < -0.39 is 0 Å². The van der Waals surface area contributed by atoms with Gasteiger partial charge in [-0.3, -0.25) is 4.79 Å². The number of carbonyl (C=O) groups is 1. The van der Waals surface area contributed by atoms with Crippen LogP contribution in [0.4, 0.5) is 0 Å². The van der Waals surface area contributed by atoms with Crippen molar-refractivity contribution in [3.8, 4) is 5.75 Å². The van der Waals surface area contributed by atoms with Gasteiger partial charge in [0.1, 0.15) is 5.75 Å². The van der Waals surface area contributed by atoms with E-state index in [0.29, 0.717) is 12.2 Å². The van der Waals surface area contributed by atoms with Crippen LogP contribution in [0.3, 0.4) is 0 Å². The Morgan fingerprint density at radius 3 is 2.50 bits per heavy atom. The molecule has 20 heavy (non-hydrogen) atoms. The van der Waals surface area contributed by atoms with Crippen molar-refractivity contribution in [2.24, 2.45) is 0 Å². The average Bonchev–Trinajstić information content (AvgIpc) is 2.46. The van der Waals surface area contributed by atoms with Crippen LogP contribution < -0.4 is 10.1 Å². The van der Waals surface area contributed by atoms with Crippen LogP contribution in [0.5, 0.6) is 5.75 Å². The predicted octanol–water partition coefficient (Wildman–Crippen LogP) is 2.61. The second-order valence-electron chi connectivity index (χ2n) is 4.69. The molecule has 0 aromatic heterocycles. The Kier molecular flexibility index (Phi) is 4.58. The van der Waals surface area contributed by atoms with Crippen molar-refractivity contribution in [2.45, 2.75) is 13.0 Å². The number of methoxy groups -OCH3 is 2. The second-order valence-corrected chi connectivity index (χ2v) is 4.69. The Bertz CT molecular complexity index is 610. The maximum atomic E-state index is 12.3. The normalized spacial score (nSPS) is 12.2. The SMILES string of the molecule is COCC(C)NC(=O)c1ccc(OC)c2ccccc12. The number of benzene rings is 2. The maximum absolute atomic E-state index is 12.3. The van der Waals surface area contributed by atoms with E-state index >= 15 is 0 Å². The highest BCUT2D eigenvalue weighted by Crippen LogP contribution is 2.28. The third-order valence-electron chi connectivity index (χ3n) is 3.14. The van der Waals surface area contributed by atoms with E-state index in [9.17, 15) is 4.79 Å². The lowest BCUT2D eigenvalue weighted by atomic mass is 10.0. The summed E-state index contributed by atoms with van der Waals surface area (Å²) >= 11 is 0. The summed E-state index contributed by atoms with van der Waals surface area (Å²) in [6.07, 6.45) is 0. The summed E-state index contributed by atoms with van der Waals surface area (Å²) in [4.78, 5) is 12.3. The first-order chi connectivity index (χ1) is 9.67. The monoisotopic (exact) mass is 273 g/mol. The molecular weight excluding hydrogens is 254 g/mol. The molecule has 0 heterocycles. The van der Waals surface area contributed by atoms with E-state index in [-0.39, 0.29) is 11.9 Å². The van der Waals surface area contributed by atoms with Gasteiger partial charge in [-0.05, 0) is 24.4 Å². The fraction of sp³-hybridized carbons (Fsp3) is 0.312. The standard InChI is InChI=1S/C16H19NO3/c1-11(10-19-2)17-16(18)14-8-9-15(20-3)13-7-5-4-6-12(13)14/h4-9,11H,10H2,1-3H3,(H,17,18). The minimum absolute atomic E-state index is 0.0339. The van der Waals surface area contributed by atoms with Gasteiger partial charge in [-0.1, -0.05) is 24.3 Å². The number of ether oxygens (including phenoxy) is 2. The molecule has 0 aliphatic carbocycles.